The average molecular weight is 443 g/mol. The number of amides is 2. The van der Waals surface area contributed by atoms with Crippen molar-refractivity contribution in [1.82, 2.24) is 10.2 Å². The molecule has 6 heteroatoms. The summed E-state index contributed by atoms with van der Waals surface area (Å²) in [7, 11) is 5.02. The van der Waals surface area contributed by atoms with Gasteiger partial charge in [-0.3, -0.25) is 9.59 Å². The van der Waals surface area contributed by atoms with Crippen LogP contribution >= 0.6 is 0 Å². The highest BCUT2D eigenvalue weighted by atomic mass is 16.5. The molecule has 4 saturated carbocycles. The minimum absolute atomic E-state index is 0.0144. The Morgan fingerprint density at radius 1 is 1.06 bits per heavy atom. The number of methoxy groups -OCH3 is 2. The van der Waals surface area contributed by atoms with Crippen molar-refractivity contribution in [2.24, 2.45) is 29.1 Å². The Hall–Kier alpha value is -2.24. The minimum atomic E-state index is -0.523. The Morgan fingerprint density at radius 2 is 1.66 bits per heavy atom. The maximum Gasteiger partial charge on any atom is 0.245 e. The third kappa shape index (κ3) is 4.33. The number of carbonyl (C=O) groups is 2. The maximum absolute atomic E-state index is 13.6. The van der Waals surface area contributed by atoms with Gasteiger partial charge < -0.3 is 19.7 Å². The van der Waals surface area contributed by atoms with Crippen LogP contribution in [0.2, 0.25) is 0 Å². The molecule has 2 amide bonds. The highest BCUT2D eigenvalue weighted by Gasteiger charge is 2.55. The molecule has 0 spiro atoms. The zero-order chi connectivity index (χ0) is 23.0. The normalized spacial score (nSPS) is 29.0. The van der Waals surface area contributed by atoms with Crippen LogP contribution in [0.3, 0.4) is 0 Å². The van der Waals surface area contributed by atoms with Crippen LogP contribution in [0.1, 0.15) is 57.9 Å². The van der Waals surface area contributed by atoms with Gasteiger partial charge in [-0.2, -0.15) is 0 Å². The second-order valence-corrected chi connectivity index (χ2v) is 10.8. The number of hydrogen-bond acceptors (Lipinski definition) is 4. The lowest BCUT2D eigenvalue weighted by molar-refractivity contribution is -0.150. The van der Waals surface area contributed by atoms with Gasteiger partial charge in [-0.15, -0.1) is 0 Å². The van der Waals surface area contributed by atoms with Crippen LogP contribution in [-0.4, -0.2) is 44.0 Å². The van der Waals surface area contributed by atoms with E-state index in [1.165, 1.54) is 19.3 Å². The van der Waals surface area contributed by atoms with Crippen LogP contribution in [0.25, 0.3) is 0 Å². The maximum atomic E-state index is 13.6. The van der Waals surface area contributed by atoms with Crippen LogP contribution in [0, 0.1) is 29.1 Å². The Kier molecular flexibility index (Phi) is 6.42. The summed E-state index contributed by atoms with van der Waals surface area (Å²) in [6.07, 6.45) is 6.90. The SMILES string of the molecule is COc1ccc(CN(C)C(=O)[C@@H](NC(=O)C23CC4CC(CC(C4)C2)C3)C(C)C)c(OC)c1. The zero-order valence-electron chi connectivity index (χ0n) is 20.1. The second-order valence-electron chi connectivity index (χ2n) is 10.8. The van der Waals surface area contributed by atoms with Crippen LogP contribution in [0.5, 0.6) is 11.5 Å². The van der Waals surface area contributed by atoms with Gasteiger partial charge in [0.2, 0.25) is 11.8 Å². The number of nitrogens with one attached hydrogen (secondary N) is 1. The van der Waals surface area contributed by atoms with Crippen LogP contribution in [0.4, 0.5) is 0 Å². The van der Waals surface area contributed by atoms with Crippen molar-refractivity contribution in [2.75, 3.05) is 21.3 Å². The second kappa shape index (κ2) is 8.95. The lowest BCUT2D eigenvalue weighted by Gasteiger charge is -2.56. The van der Waals surface area contributed by atoms with E-state index in [1.807, 2.05) is 32.0 Å². The summed E-state index contributed by atoms with van der Waals surface area (Å²) in [6.45, 7) is 4.41. The van der Waals surface area contributed by atoms with E-state index in [2.05, 4.69) is 5.32 Å². The first-order chi connectivity index (χ1) is 15.2. The number of benzene rings is 1. The molecule has 4 aliphatic rings. The monoisotopic (exact) mass is 442 g/mol. The van der Waals surface area contributed by atoms with Crippen molar-refractivity contribution >= 4 is 11.8 Å². The molecule has 0 aliphatic heterocycles. The Bertz CT molecular complexity index is 830. The fourth-order valence-electron chi connectivity index (χ4n) is 6.75. The molecule has 6 nitrogen and oxygen atoms in total. The van der Waals surface area contributed by atoms with Crippen molar-refractivity contribution in [3.63, 3.8) is 0 Å². The summed E-state index contributed by atoms with van der Waals surface area (Å²) >= 11 is 0. The summed E-state index contributed by atoms with van der Waals surface area (Å²) < 4.78 is 10.8. The van der Waals surface area contributed by atoms with Crippen molar-refractivity contribution in [1.29, 1.82) is 0 Å². The molecular formula is C26H38N2O4. The van der Waals surface area contributed by atoms with E-state index < -0.39 is 6.04 Å². The van der Waals surface area contributed by atoms with E-state index in [1.54, 1.807) is 26.2 Å². The van der Waals surface area contributed by atoms with E-state index in [4.69, 9.17) is 9.47 Å². The number of carbonyl (C=O) groups excluding carboxylic acids is 2. The lowest BCUT2D eigenvalue weighted by atomic mass is 9.49. The van der Waals surface area contributed by atoms with Crippen molar-refractivity contribution in [2.45, 2.75) is 65.0 Å². The van der Waals surface area contributed by atoms with Gasteiger partial charge in [0.25, 0.3) is 0 Å². The molecule has 0 radical (unpaired) electrons. The van der Waals surface area contributed by atoms with Crippen LogP contribution in [-0.2, 0) is 16.1 Å². The van der Waals surface area contributed by atoms with Gasteiger partial charge in [0.05, 0.1) is 14.2 Å². The summed E-state index contributed by atoms with van der Waals surface area (Å²) in [4.78, 5) is 28.7. The summed E-state index contributed by atoms with van der Waals surface area (Å²) in [5, 5.41) is 3.21. The number of hydrogen-bond donors (Lipinski definition) is 1. The number of ether oxygens (including phenoxy) is 2. The third-order valence-electron chi connectivity index (χ3n) is 8.02. The van der Waals surface area contributed by atoms with Gasteiger partial charge in [-0.05, 0) is 74.3 Å². The Morgan fingerprint density at radius 3 is 2.16 bits per heavy atom. The molecular weight excluding hydrogens is 404 g/mol. The number of rotatable bonds is 8. The Balaban J connectivity index is 1.45. The van der Waals surface area contributed by atoms with E-state index >= 15 is 0 Å². The highest BCUT2D eigenvalue weighted by Crippen LogP contribution is 2.60. The van der Waals surface area contributed by atoms with Crippen molar-refractivity contribution in [3.05, 3.63) is 23.8 Å². The minimum Gasteiger partial charge on any atom is -0.497 e. The van der Waals surface area contributed by atoms with Gasteiger partial charge >= 0.3 is 0 Å². The number of nitrogens with zero attached hydrogens (tertiary/aromatic N) is 1. The first kappa shape index (κ1) is 22.9. The van der Waals surface area contributed by atoms with E-state index in [-0.39, 0.29) is 23.1 Å². The summed E-state index contributed by atoms with van der Waals surface area (Å²) in [5.74, 6) is 3.56. The standard InChI is InChI=1S/C26H38N2O4/c1-16(2)23(24(29)28(3)15-20-6-7-21(31-4)11-22(20)32-5)27-25(30)26-12-17-8-18(13-26)10-19(9-17)14-26/h6-7,11,16-19,23H,8-10,12-15H2,1-5H3,(H,27,30)/t17?,18?,19?,23-,26?/m0/s1. The first-order valence-corrected chi connectivity index (χ1v) is 12.0. The predicted molar refractivity (Wildman–Crippen MR) is 123 cm³/mol. The molecule has 4 bridgehead atoms. The molecule has 0 heterocycles. The molecule has 1 aromatic rings. The highest BCUT2D eigenvalue weighted by molar-refractivity contribution is 5.90. The summed E-state index contributed by atoms with van der Waals surface area (Å²) in [5.41, 5.74) is 0.652. The topological polar surface area (TPSA) is 67.9 Å². The molecule has 1 aromatic carbocycles. The largest absolute Gasteiger partial charge is 0.497 e. The van der Waals surface area contributed by atoms with Gasteiger partial charge in [0, 0.05) is 30.6 Å². The molecule has 0 aromatic heterocycles. The van der Waals surface area contributed by atoms with E-state index in [0.29, 0.717) is 35.8 Å². The van der Waals surface area contributed by atoms with E-state index in [0.717, 1.165) is 24.8 Å². The fraction of sp³-hybridized carbons (Fsp3) is 0.692. The van der Waals surface area contributed by atoms with Gasteiger partial charge in [0.15, 0.2) is 0 Å². The predicted octanol–water partition coefficient (Wildman–Crippen LogP) is 4.02. The Labute approximate surface area is 192 Å². The average Bonchev–Trinajstić information content (AvgIpc) is 2.75. The van der Waals surface area contributed by atoms with Gasteiger partial charge in [-0.25, -0.2) is 0 Å². The van der Waals surface area contributed by atoms with Gasteiger partial charge in [0.1, 0.15) is 17.5 Å². The molecule has 4 aliphatic carbocycles. The zero-order valence-corrected chi connectivity index (χ0v) is 20.1. The van der Waals surface area contributed by atoms with E-state index in [9.17, 15) is 9.59 Å². The fourth-order valence-corrected chi connectivity index (χ4v) is 6.75. The molecule has 176 valence electrons. The van der Waals surface area contributed by atoms with Gasteiger partial charge in [-0.1, -0.05) is 13.8 Å². The summed E-state index contributed by atoms with van der Waals surface area (Å²) in [6, 6.07) is 5.08. The third-order valence-corrected chi connectivity index (χ3v) is 8.02. The van der Waals surface area contributed by atoms with Crippen LogP contribution in [0.15, 0.2) is 18.2 Å². The first-order valence-electron chi connectivity index (χ1n) is 12.0. The van der Waals surface area contributed by atoms with Crippen molar-refractivity contribution < 1.29 is 19.1 Å². The smallest absolute Gasteiger partial charge is 0.245 e. The van der Waals surface area contributed by atoms with Crippen LogP contribution < -0.4 is 14.8 Å². The lowest BCUT2D eigenvalue weighted by Crippen LogP contribution is -2.58. The quantitative estimate of drug-likeness (QED) is 0.660. The number of likely N-dealkylation sites (N-methyl/N-ethyl adjacent to an activating group) is 1. The molecule has 0 unspecified atom stereocenters. The molecule has 0 saturated heterocycles. The molecule has 4 fully saturated rings. The molecule has 1 atom stereocenters. The molecule has 1 N–H and O–H groups in total. The molecule has 5 rings (SSSR count). The molecule has 32 heavy (non-hydrogen) atoms. The van der Waals surface area contributed by atoms with Crippen molar-refractivity contribution in [3.8, 4) is 11.5 Å².